The van der Waals surface area contributed by atoms with Crippen molar-refractivity contribution in [1.82, 2.24) is 0 Å². The van der Waals surface area contributed by atoms with Gasteiger partial charge in [0, 0.05) is 11.5 Å². The Morgan fingerprint density at radius 3 is 2.04 bits per heavy atom. The molecule has 260 valence electrons. The third kappa shape index (κ3) is 5.81. The second kappa shape index (κ2) is 12.7. The first-order valence-electron chi connectivity index (χ1n) is 17.8. The van der Waals surface area contributed by atoms with Crippen molar-refractivity contribution < 1.29 is 22.7 Å². The van der Waals surface area contributed by atoms with Gasteiger partial charge in [0.2, 0.25) is 0 Å². The molecule has 0 bridgehead atoms. The van der Waals surface area contributed by atoms with E-state index in [4.69, 9.17) is 4.74 Å². The van der Waals surface area contributed by atoms with Crippen LogP contribution in [0.5, 0.6) is 0 Å². The van der Waals surface area contributed by atoms with Gasteiger partial charge in [0.15, 0.2) is 0 Å². The van der Waals surface area contributed by atoms with E-state index >= 15 is 0 Å². The Bertz CT molecular complexity index is 2320. The number of carbonyl (C=O) groups excluding carboxylic acids is 1. The minimum absolute atomic E-state index is 0.0196. The van der Waals surface area contributed by atoms with Gasteiger partial charge >= 0.3 is 12.1 Å². The number of benzene rings is 6. The number of carbonyl (C=O) groups is 1. The fraction of sp³-hybridized carbons (Fsp3) is 0.283. The normalized spacial score (nSPS) is 15.7. The average Bonchev–Trinajstić information content (AvgIpc) is 3.39. The molecule has 0 saturated heterocycles. The summed E-state index contributed by atoms with van der Waals surface area (Å²) >= 11 is 0. The minimum Gasteiger partial charge on any atom is -0.463 e. The van der Waals surface area contributed by atoms with Crippen LogP contribution < -0.4 is 0 Å². The van der Waals surface area contributed by atoms with Crippen LogP contribution in [-0.2, 0) is 26.5 Å². The van der Waals surface area contributed by atoms with Gasteiger partial charge in [-0.15, -0.1) is 0 Å². The van der Waals surface area contributed by atoms with E-state index in [1.165, 1.54) is 44.6 Å². The highest BCUT2D eigenvalue weighted by atomic mass is 19.4. The first-order chi connectivity index (χ1) is 24.3. The second-order valence-corrected chi connectivity index (χ2v) is 15.0. The lowest BCUT2D eigenvalue weighted by Crippen LogP contribution is -2.28. The predicted molar refractivity (Wildman–Crippen MR) is 205 cm³/mol. The molecule has 0 saturated carbocycles. The van der Waals surface area contributed by atoms with Crippen LogP contribution in [0.2, 0.25) is 0 Å². The van der Waals surface area contributed by atoms with Crippen molar-refractivity contribution in [3.05, 3.63) is 132 Å². The monoisotopic (exact) mass is 684 g/mol. The molecule has 1 atom stereocenters. The molecule has 1 unspecified atom stereocenters. The zero-order valence-corrected chi connectivity index (χ0v) is 29.8. The Labute approximate surface area is 298 Å². The second-order valence-electron chi connectivity index (χ2n) is 15.0. The zero-order valence-electron chi connectivity index (χ0n) is 29.8. The van der Waals surface area contributed by atoms with E-state index in [1.807, 2.05) is 6.92 Å². The molecule has 5 heteroatoms. The maximum absolute atomic E-state index is 14.2. The van der Waals surface area contributed by atoms with E-state index in [-0.39, 0.29) is 12.0 Å². The van der Waals surface area contributed by atoms with E-state index in [2.05, 4.69) is 101 Å². The van der Waals surface area contributed by atoms with Crippen molar-refractivity contribution in [2.75, 3.05) is 6.61 Å². The maximum atomic E-state index is 14.2. The summed E-state index contributed by atoms with van der Waals surface area (Å²) in [6.07, 6.45) is -0.000861. The SMILES string of the molecule is C=CC(=O)OCCCCCC1(C(=C)CC)c2cc(-c3ccc4ccc5cc(C(C)(C)C)cc6ccc3c4c56)ccc2-c2ccc(C(F)(F)F)cc21. The number of halogens is 3. The van der Waals surface area contributed by atoms with E-state index in [9.17, 15) is 18.0 Å². The molecule has 0 aliphatic heterocycles. The van der Waals surface area contributed by atoms with Crippen LogP contribution in [0.15, 0.2) is 110 Å². The smallest absolute Gasteiger partial charge is 0.416 e. The number of hydrogen-bond donors (Lipinski definition) is 0. The molecule has 1 aliphatic carbocycles. The lowest BCUT2D eigenvalue weighted by molar-refractivity contribution is -0.138. The summed E-state index contributed by atoms with van der Waals surface area (Å²) in [5.74, 6) is -0.460. The van der Waals surface area contributed by atoms with Gasteiger partial charge in [-0.2, -0.15) is 13.2 Å². The number of ether oxygens (including phenoxy) is 1. The molecular formula is C46H43F3O2. The van der Waals surface area contributed by atoms with Gasteiger partial charge in [0.25, 0.3) is 0 Å². The van der Waals surface area contributed by atoms with Crippen LogP contribution in [0.3, 0.4) is 0 Å². The Morgan fingerprint density at radius 1 is 0.745 bits per heavy atom. The highest BCUT2D eigenvalue weighted by Crippen LogP contribution is 2.57. The third-order valence-corrected chi connectivity index (χ3v) is 11.0. The number of hydrogen-bond acceptors (Lipinski definition) is 2. The van der Waals surface area contributed by atoms with Gasteiger partial charge in [-0.3, -0.25) is 0 Å². The number of fused-ring (bicyclic) bond motifs is 3. The minimum atomic E-state index is -4.47. The van der Waals surface area contributed by atoms with Crippen molar-refractivity contribution in [2.24, 2.45) is 0 Å². The number of allylic oxidation sites excluding steroid dienone is 1. The molecular weight excluding hydrogens is 641 g/mol. The van der Waals surface area contributed by atoms with Crippen LogP contribution in [0.1, 0.15) is 82.1 Å². The van der Waals surface area contributed by atoms with Crippen LogP contribution in [-0.4, -0.2) is 12.6 Å². The summed E-state index contributed by atoms with van der Waals surface area (Å²) in [5, 5.41) is 7.24. The van der Waals surface area contributed by atoms with Crippen molar-refractivity contribution in [2.45, 2.75) is 76.8 Å². The molecule has 7 rings (SSSR count). The number of unbranched alkanes of at least 4 members (excludes halogenated alkanes) is 2. The molecule has 0 heterocycles. The highest BCUT2D eigenvalue weighted by Gasteiger charge is 2.46. The maximum Gasteiger partial charge on any atom is 0.416 e. The largest absolute Gasteiger partial charge is 0.463 e. The lowest BCUT2D eigenvalue weighted by Gasteiger charge is -2.35. The molecule has 0 radical (unpaired) electrons. The fourth-order valence-electron chi connectivity index (χ4n) is 8.29. The molecule has 51 heavy (non-hydrogen) atoms. The van der Waals surface area contributed by atoms with Gasteiger partial charge in [0.05, 0.1) is 12.2 Å². The van der Waals surface area contributed by atoms with Gasteiger partial charge < -0.3 is 4.74 Å². The Balaban J connectivity index is 1.38. The lowest BCUT2D eigenvalue weighted by atomic mass is 9.68. The van der Waals surface area contributed by atoms with Gasteiger partial charge in [-0.25, -0.2) is 4.79 Å². The average molecular weight is 685 g/mol. The molecule has 0 spiro atoms. The third-order valence-electron chi connectivity index (χ3n) is 11.0. The summed E-state index contributed by atoms with van der Waals surface area (Å²) in [4.78, 5) is 11.6. The van der Waals surface area contributed by atoms with E-state index in [1.54, 1.807) is 6.07 Å². The summed E-state index contributed by atoms with van der Waals surface area (Å²) in [6, 6.07) is 28.4. The number of esters is 1. The van der Waals surface area contributed by atoms with Crippen molar-refractivity contribution in [3.8, 4) is 22.3 Å². The van der Waals surface area contributed by atoms with Crippen molar-refractivity contribution >= 4 is 38.3 Å². The summed E-state index contributed by atoms with van der Waals surface area (Å²) in [5.41, 5.74) is 6.30. The van der Waals surface area contributed by atoms with Gasteiger partial charge in [-0.05, 0) is 114 Å². The predicted octanol–water partition coefficient (Wildman–Crippen LogP) is 13.1. The fourth-order valence-corrected chi connectivity index (χ4v) is 8.29. The molecule has 0 amide bonds. The Hall–Kier alpha value is -4.90. The Kier molecular flexibility index (Phi) is 8.60. The first kappa shape index (κ1) is 34.5. The van der Waals surface area contributed by atoms with Crippen LogP contribution in [0.4, 0.5) is 13.2 Å². The summed E-state index contributed by atoms with van der Waals surface area (Å²) < 4.78 is 47.8. The van der Waals surface area contributed by atoms with Crippen LogP contribution in [0, 0.1) is 0 Å². The van der Waals surface area contributed by atoms with E-state index in [0.29, 0.717) is 24.8 Å². The first-order valence-corrected chi connectivity index (χ1v) is 17.8. The Morgan fingerprint density at radius 2 is 1.37 bits per heavy atom. The van der Waals surface area contributed by atoms with Crippen LogP contribution >= 0.6 is 0 Å². The highest BCUT2D eigenvalue weighted by molar-refractivity contribution is 6.25. The number of alkyl halides is 3. The van der Waals surface area contributed by atoms with Crippen molar-refractivity contribution in [3.63, 3.8) is 0 Å². The van der Waals surface area contributed by atoms with Crippen molar-refractivity contribution in [1.29, 1.82) is 0 Å². The zero-order chi connectivity index (χ0) is 36.3. The quantitative estimate of drug-likeness (QED) is 0.0472. The molecule has 0 fully saturated rings. The molecule has 0 aromatic heterocycles. The molecule has 2 nitrogen and oxygen atoms in total. The van der Waals surface area contributed by atoms with E-state index < -0.39 is 23.1 Å². The molecule has 6 aromatic carbocycles. The molecule has 1 aliphatic rings. The van der Waals surface area contributed by atoms with E-state index in [0.717, 1.165) is 57.7 Å². The summed E-state index contributed by atoms with van der Waals surface area (Å²) in [6.45, 7) is 17.0. The number of rotatable bonds is 10. The topological polar surface area (TPSA) is 26.3 Å². The standard InChI is InChI=1S/C46H43F3O2/c1-7-28(3)45(22-10-9-11-23-51-41(50)8-2)39-26-30(15-19-36(39)37-21-17-33(27-40(37)45)46(47,48)49)35-18-14-29-12-13-31-24-34(44(4,5)6)25-32-16-20-38(35)43(29)42(31)32/h8,12-21,24-27H,2-3,7,9-11,22-23H2,1,4-6H3. The molecule has 0 N–H and O–H groups in total. The molecule has 6 aromatic rings. The van der Waals surface area contributed by atoms with Gasteiger partial charge in [-0.1, -0.05) is 126 Å². The summed E-state index contributed by atoms with van der Waals surface area (Å²) in [7, 11) is 0. The van der Waals surface area contributed by atoms with Gasteiger partial charge in [0.1, 0.15) is 0 Å². The van der Waals surface area contributed by atoms with Crippen LogP contribution in [0.25, 0.3) is 54.6 Å².